The Morgan fingerprint density at radius 2 is 2.12 bits per heavy atom. The highest BCUT2D eigenvalue weighted by atomic mass is 14.7. The molecule has 1 aliphatic rings. The molecule has 0 unspecified atom stereocenters. The lowest BCUT2D eigenvalue weighted by atomic mass is 9.91. The Morgan fingerprint density at radius 1 is 1.31 bits per heavy atom. The molecule has 1 aliphatic heterocycles. The van der Waals surface area contributed by atoms with Crippen molar-refractivity contribution in [2.75, 3.05) is 0 Å². The maximum Gasteiger partial charge on any atom is 0.0305 e. The van der Waals surface area contributed by atoms with Gasteiger partial charge in [0.1, 0.15) is 0 Å². The summed E-state index contributed by atoms with van der Waals surface area (Å²) in [5.74, 6) is 0. The Kier molecular flexibility index (Phi) is 3.04. The standard InChI is InChI=1S/C15H17N/c1-4-14(13-8-9-16-10-13)15-7-5-6-11(2)12(15)3/h4-7,9-10H,8H2,1-3H3/b14-4+. The van der Waals surface area contributed by atoms with Crippen LogP contribution in [0.4, 0.5) is 0 Å². The minimum atomic E-state index is 0.951. The normalized spacial score (nSPS) is 15.4. The van der Waals surface area contributed by atoms with Gasteiger partial charge >= 0.3 is 0 Å². The molecule has 0 bridgehead atoms. The zero-order valence-electron chi connectivity index (χ0n) is 10.1. The zero-order valence-corrected chi connectivity index (χ0v) is 10.1. The Balaban J connectivity index is 2.46. The van der Waals surface area contributed by atoms with Crippen LogP contribution in [0.2, 0.25) is 0 Å². The minimum Gasteiger partial charge on any atom is -0.268 e. The van der Waals surface area contributed by atoms with Gasteiger partial charge in [0, 0.05) is 18.8 Å². The number of hydrogen-bond acceptors (Lipinski definition) is 1. The molecule has 0 amide bonds. The van der Waals surface area contributed by atoms with E-state index in [1.165, 1.54) is 27.8 Å². The summed E-state index contributed by atoms with van der Waals surface area (Å²) in [5, 5.41) is 0. The lowest BCUT2D eigenvalue weighted by Crippen LogP contribution is -1.94. The Hall–Kier alpha value is -1.63. The summed E-state index contributed by atoms with van der Waals surface area (Å²) >= 11 is 0. The summed E-state index contributed by atoms with van der Waals surface area (Å²) in [5.41, 5.74) is 6.67. The van der Waals surface area contributed by atoms with Crippen molar-refractivity contribution in [3.05, 3.63) is 52.7 Å². The Bertz CT molecular complexity index is 490. The van der Waals surface area contributed by atoms with E-state index in [0.717, 1.165) is 6.42 Å². The van der Waals surface area contributed by atoms with E-state index in [0.29, 0.717) is 0 Å². The largest absolute Gasteiger partial charge is 0.268 e. The molecule has 1 heteroatoms. The maximum absolute atomic E-state index is 4.18. The third-order valence-electron chi connectivity index (χ3n) is 3.18. The van der Waals surface area contributed by atoms with Crippen LogP contribution in [0.5, 0.6) is 0 Å². The third-order valence-corrected chi connectivity index (χ3v) is 3.18. The fourth-order valence-electron chi connectivity index (χ4n) is 2.08. The Morgan fingerprint density at radius 3 is 2.75 bits per heavy atom. The van der Waals surface area contributed by atoms with Crippen molar-refractivity contribution < 1.29 is 0 Å². The van der Waals surface area contributed by atoms with Crippen LogP contribution in [0, 0.1) is 13.8 Å². The zero-order chi connectivity index (χ0) is 11.5. The summed E-state index contributed by atoms with van der Waals surface area (Å²) in [6.45, 7) is 6.44. The number of nitrogens with zero attached hydrogens (tertiary/aromatic N) is 1. The number of benzene rings is 1. The minimum absolute atomic E-state index is 0.951. The molecule has 0 N–H and O–H groups in total. The van der Waals surface area contributed by atoms with Gasteiger partial charge in [-0.05, 0) is 48.6 Å². The summed E-state index contributed by atoms with van der Waals surface area (Å²) in [6.07, 6.45) is 7.07. The maximum atomic E-state index is 4.18. The van der Waals surface area contributed by atoms with Crippen LogP contribution in [0.15, 0.2) is 41.0 Å². The van der Waals surface area contributed by atoms with Crippen molar-refractivity contribution in [3.8, 4) is 0 Å². The number of allylic oxidation sites excluding steroid dienone is 3. The first-order chi connectivity index (χ1) is 7.74. The third kappa shape index (κ3) is 1.85. The van der Waals surface area contributed by atoms with Crippen molar-refractivity contribution in [2.45, 2.75) is 27.2 Å². The first-order valence-electron chi connectivity index (χ1n) is 5.68. The summed E-state index contributed by atoms with van der Waals surface area (Å²) in [6, 6.07) is 6.47. The van der Waals surface area contributed by atoms with Gasteiger partial charge in [0.15, 0.2) is 0 Å². The quantitative estimate of drug-likeness (QED) is 0.699. The molecule has 0 fully saturated rings. The monoisotopic (exact) mass is 211 g/mol. The highest BCUT2D eigenvalue weighted by molar-refractivity contribution is 5.86. The van der Waals surface area contributed by atoms with E-state index in [1.54, 1.807) is 0 Å². The fourth-order valence-corrected chi connectivity index (χ4v) is 2.08. The first-order valence-corrected chi connectivity index (χ1v) is 5.68. The lowest BCUT2D eigenvalue weighted by molar-refractivity contribution is 1.30. The van der Waals surface area contributed by atoms with E-state index < -0.39 is 0 Å². The molecule has 1 nitrogen and oxygen atoms in total. The van der Waals surface area contributed by atoms with E-state index in [2.05, 4.69) is 50.0 Å². The summed E-state index contributed by atoms with van der Waals surface area (Å²) in [7, 11) is 0. The van der Waals surface area contributed by atoms with E-state index in [1.807, 2.05) is 12.4 Å². The van der Waals surface area contributed by atoms with Gasteiger partial charge in [-0.25, -0.2) is 0 Å². The average molecular weight is 211 g/mol. The van der Waals surface area contributed by atoms with Gasteiger partial charge in [-0.2, -0.15) is 0 Å². The number of hydrogen-bond donors (Lipinski definition) is 0. The topological polar surface area (TPSA) is 12.4 Å². The van der Waals surface area contributed by atoms with Gasteiger partial charge in [-0.3, -0.25) is 4.99 Å². The molecule has 1 heterocycles. The SMILES string of the molecule is C/C=C(\C1=CN=CC1)c1cccc(C)c1C. The molecule has 0 radical (unpaired) electrons. The fraction of sp³-hybridized carbons (Fsp3) is 0.267. The molecule has 16 heavy (non-hydrogen) atoms. The van der Waals surface area contributed by atoms with Gasteiger partial charge in [0.05, 0.1) is 0 Å². The van der Waals surface area contributed by atoms with Crippen LogP contribution in [-0.4, -0.2) is 6.21 Å². The highest BCUT2D eigenvalue weighted by Crippen LogP contribution is 2.30. The van der Waals surface area contributed by atoms with Gasteiger partial charge in [0.25, 0.3) is 0 Å². The van der Waals surface area contributed by atoms with Crippen molar-refractivity contribution in [3.63, 3.8) is 0 Å². The van der Waals surface area contributed by atoms with Crippen molar-refractivity contribution in [2.24, 2.45) is 4.99 Å². The van der Waals surface area contributed by atoms with Gasteiger partial charge in [-0.15, -0.1) is 0 Å². The molecule has 0 aliphatic carbocycles. The van der Waals surface area contributed by atoms with Gasteiger partial charge in [-0.1, -0.05) is 24.3 Å². The molecule has 2 rings (SSSR count). The van der Waals surface area contributed by atoms with Crippen molar-refractivity contribution in [1.82, 2.24) is 0 Å². The van der Waals surface area contributed by atoms with Crippen LogP contribution in [0.1, 0.15) is 30.0 Å². The molecule has 0 spiro atoms. The van der Waals surface area contributed by atoms with Crippen LogP contribution < -0.4 is 0 Å². The van der Waals surface area contributed by atoms with E-state index >= 15 is 0 Å². The van der Waals surface area contributed by atoms with Crippen LogP contribution >= 0.6 is 0 Å². The van der Waals surface area contributed by atoms with Gasteiger partial charge in [0.2, 0.25) is 0 Å². The number of aryl methyl sites for hydroxylation is 1. The predicted molar refractivity (Wildman–Crippen MR) is 70.8 cm³/mol. The average Bonchev–Trinajstić information content (AvgIpc) is 2.79. The molecule has 1 aromatic rings. The second kappa shape index (κ2) is 4.48. The number of aliphatic imine (C=N–C) groups is 1. The van der Waals surface area contributed by atoms with Crippen LogP contribution in [0.25, 0.3) is 5.57 Å². The molecule has 0 aromatic heterocycles. The smallest absolute Gasteiger partial charge is 0.0305 e. The molecular weight excluding hydrogens is 194 g/mol. The van der Waals surface area contributed by atoms with E-state index in [9.17, 15) is 0 Å². The summed E-state index contributed by atoms with van der Waals surface area (Å²) in [4.78, 5) is 4.18. The van der Waals surface area contributed by atoms with Crippen molar-refractivity contribution in [1.29, 1.82) is 0 Å². The van der Waals surface area contributed by atoms with Crippen molar-refractivity contribution >= 4 is 11.8 Å². The molecule has 82 valence electrons. The second-order valence-corrected chi connectivity index (χ2v) is 4.14. The summed E-state index contributed by atoms with van der Waals surface area (Å²) < 4.78 is 0. The van der Waals surface area contributed by atoms with Crippen LogP contribution in [0.3, 0.4) is 0 Å². The first kappa shape index (κ1) is 10.9. The second-order valence-electron chi connectivity index (χ2n) is 4.14. The Labute approximate surface area is 97.2 Å². The molecule has 1 aromatic carbocycles. The highest BCUT2D eigenvalue weighted by Gasteiger charge is 2.11. The molecule has 0 saturated heterocycles. The molecule has 0 saturated carbocycles. The number of rotatable bonds is 2. The van der Waals surface area contributed by atoms with Gasteiger partial charge < -0.3 is 0 Å². The van der Waals surface area contributed by atoms with E-state index in [-0.39, 0.29) is 0 Å². The van der Waals surface area contributed by atoms with Crippen LogP contribution in [-0.2, 0) is 0 Å². The van der Waals surface area contributed by atoms with E-state index in [4.69, 9.17) is 0 Å². The molecule has 0 atom stereocenters. The molecular formula is C15H17N. The predicted octanol–water partition coefficient (Wildman–Crippen LogP) is 4.07. The lowest BCUT2D eigenvalue weighted by Gasteiger charge is -2.13.